The fraction of sp³-hybridized carbons (Fsp3) is 0.188. The Balaban J connectivity index is 1.86. The highest BCUT2D eigenvalue weighted by Crippen LogP contribution is 2.17. The van der Waals surface area contributed by atoms with Gasteiger partial charge in [-0.25, -0.2) is 0 Å². The first-order valence-corrected chi connectivity index (χ1v) is 6.85. The Hall–Kier alpha value is -2.37. The van der Waals surface area contributed by atoms with E-state index >= 15 is 0 Å². The molecule has 0 aliphatic heterocycles. The number of nitrogens with two attached hydrogens (primary N) is 1. The number of pyridine rings is 1. The molecular weight excluding hydrogens is 262 g/mol. The summed E-state index contributed by atoms with van der Waals surface area (Å²) in [6.45, 7) is 1.91. The van der Waals surface area contributed by atoms with Crippen molar-refractivity contribution in [1.29, 1.82) is 0 Å². The van der Waals surface area contributed by atoms with Gasteiger partial charge in [0, 0.05) is 23.7 Å². The summed E-state index contributed by atoms with van der Waals surface area (Å²) >= 11 is 0. The molecule has 3 aromatic rings. The zero-order valence-electron chi connectivity index (χ0n) is 11.8. The van der Waals surface area contributed by atoms with Gasteiger partial charge in [-0.3, -0.25) is 26.2 Å². The molecule has 0 spiro atoms. The molecule has 1 unspecified atom stereocenters. The Kier molecular flexibility index (Phi) is 3.85. The van der Waals surface area contributed by atoms with E-state index in [2.05, 4.69) is 32.5 Å². The van der Waals surface area contributed by atoms with Crippen molar-refractivity contribution in [2.75, 3.05) is 0 Å². The quantitative estimate of drug-likeness (QED) is 0.565. The van der Waals surface area contributed by atoms with Crippen molar-refractivity contribution in [3.05, 3.63) is 65.9 Å². The highest BCUT2D eigenvalue weighted by Gasteiger charge is 2.13. The Labute approximate surface area is 123 Å². The summed E-state index contributed by atoms with van der Waals surface area (Å²) in [5, 5.41) is 1.13. The summed E-state index contributed by atoms with van der Waals surface area (Å²) in [4.78, 5) is 13.3. The predicted octanol–water partition coefficient (Wildman–Crippen LogP) is 2.08. The summed E-state index contributed by atoms with van der Waals surface area (Å²) in [6.07, 6.45) is 4.16. The molecule has 1 aromatic carbocycles. The second-order valence-corrected chi connectivity index (χ2v) is 5.00. The smallest absolute Gasteiger partial charge is 0.0773 e. The first-order valence-electron chi connectivity index (χ1n) is 6.85. The van der Waals surface area contributed by atoms with Crippen molar-refractivity contribution in [3.8, 4) is 0 Å². The van der Waals surface area contributed by atoms with Gasteiger partial charge in [-0.1, -0.05) is 24.3 Å². The molecule has 0 aliphatic rings. The van der Waals surface area contributed by atoms with Gasteiger partial charge in [-0.05, 0) is 19.1 Å². The molecule has 106 valence electrons. The maximum atomic E-state index is 5.66. The monoisotopic (exact) mass is 279 g/mol. The minimum absolute atomic E-state index is 0.105. The third-order valence-corrected chi connectivity index (χ3v) is 3.43. The van der Waals surface area contributed by atoms with Crippen LogP contribution in [0.25, 0.3) is 10.9 Å². The number of hydrogen-bond acceptors (Lipinski definition) is 5. The van der Waals surface area contributed by atoms with Gasteiger partial charge in [0.05, 0.1) is 29.1 Å². The summed E-state index contributed by atoms with van der Waals surface area (Å²) in [7, 11) is 0. The topological polar surface area (TPSA) is 76.7 Å². The molecule has 0 radical (unpaired) electrons. The van der Waals surface area contributed by atoms with Gasteiger partial charge in [0.25, 0.3) is 0 Å². The number of nitrogens with one attached hydrogen (secondary N) is 1. The van der Waals surface area contributed by atoms with E-state index < -0.39 is 0 Å². The molecule has 3 N–H and O–H groups in total. The van der Waals surface area contributed by atoms with Crippen LogP contribution in [0.1, 0.15) is 23.1 Å². The molecule has 5 heteroatoms. The number of nitrogens with zero attached hydrogens (tertiary/aromatic N) is 3. The SMILES string of the molecule is Cc1cnc(C(Cc2ccc3ccccc3n2)NN)cn1. The van der Waals surface area contributed by atoms with Crippen LogP contribution < -0.4 is 11.3 Å². The van der Waals surface area contributed by atoms with E-state index in [1.54, 1.807) is 12.4 Å². The molecule has 0 aliphatic carbocycles. The molecule has 0 saturated heterocycles. The number of aromatic nitrogens is 3. The zero-order valence-corrected chi connectivity index (χ0v) is 11.8. The van der Waals surface area contributed by atoms with E-state index in [0.29, 0.717) is 6.42 Å². The molecule has 0 saturated carbocycles. The van der Waals surface area contributed by atoms with E-state index in [1.807, 2.05) is 31.2 Å². The van der Waals surface area contributed by atoms with E-state index in [9.17, 15) is 0 Å². The van der Waals surface area contributed by atoms with Crippen molar-refractivity contribution in [1.82, 2.24) is 20.4 Å². The summed E-state index contributed by atoms with van der Waals surface area (Å²) in [6, 6.07) is 12.1. The molecule has 2 heterocycles. The normalized spacial score (nSPS) is 12.5. The number of benzene rings is 1. The predicted molar refractivity (Wildman–Crippen MR) is 82.3 cm³/mol. The van der Waals surface area contributed by atoms with Crippen LogP contribution in [0.3, 0.4) is 0 Å². The van der Waals surface area contributed by atoms with Crippen LogP contribution in [0.2, 0.25) is 0 Å². The Bertz CT molecular complexity index is 739. The van der Waals surface area contributed by atoms with Crippen LogP contribution in [0.15, 0.2) is 48.8 Å². The Morgan fingerprint density at radius 2 is 1.95 bits per heavy atom. The molecular formula is C16H17N5. The Morgan fingerprint density at radius 3 is 2.71 bits per heavy atom. The van der Waals surface area contributed by atoms with Crippen LogP contribution in [0.5, 0.6) is 0 Å². The Morgan fingerprint density at radius 1 is 1.10 bits per heavy atom. The first kappa shape index (κ1) is 13.6. The van der Waals surface area contributed by atoms with Crippen molar-refractivity contribution >= 4 is 10.9 Å². The van der Waals surface area contributed by atoms with Gasteiger partial charge in [0.2, 0.25) is 0 Å². The number of hydrogen-bond donors (Lipinski definition) is 2. The number of aryl methyl sites for hydroxylation is 1. The average Bonchev–Trinajstić information content (AvgIpc) is 2.53. The van der Waals surface area contributed by atoms with Crippen molar-refractivity contribution < 1.29 is 0 Å². The standard InChI is InChI=1S/C16H17N5/c1-11-9-19-16(10-18-11)15(21-17)8-13-7-6-12-4-2-3-5-14(12)20-13/h2-7,9-10,15,21H,8,17H2,1H3. The highest BCUT2D eigenvalue weighted by molar-refractivity contribution is 5.78. The summed E-state index contributed by atoms with van der Waals surface area (Å²) in [5.41, 5.74) is 6.45. The molecule has 2 aromatic heterocycles. The molecule has 3 rings (SSSR count). The summed E-state index contributed by atoms with van der Waals surface area (Å²) < 4.78 is 0. The van der Waals surface area contributed by atoms with Crippen LogP contribution in [-0.4, -0.2) is 15.0 Å². The van der Waals surface area contributed by atoms with Gasteiger partial charge < -0.3 is 0 Å². The van der Waals surface area contributed by atoms with E-state index in [0.717, 1.165) is 28.0 Å². The van der Waals surface area contributed by atoms with Crippen LogP contribution >= 0.6 is 0 Å². The maximum absolute atomic E-state index is 5.66. The van der Waals surface area contributed by atoms with Crippen molar-refractivity contribution in [2.45, 2.75) is 19.4 Å². The van der Waals surface area contributed by atoms with E-state index in [4.69, 9.17) is 5.84 Å². The lowest BCUT2D eigenvalue weighted by atomic mass is 10.1. The van der Waals surface area contributed by atoms with Gasteiger partial charge in [-0.15, -0.1) is 0 Å². The first-order chi connectivity index (χ1) is 10.3. The molecule has 0 amide bonds. The number of para-hydroxylation sites is 1. The second-order valence-electron chi connectivity index (χ2n) is 5.00. The lowest BCUT2D eigenvalue weighted by Crippen LogP contribution is -2.30. The lowest BCUT2D eigenvalue weighted by Gasteiger charge is -2.15. The maximum Gasteiger partial charge on any atom is 0.0773 e. The third-order valence-electron chi connectivity index (χ3n) is 3.43. The fourth-order valence-corrected chi connectivity index (χ4v) is 2.26. The third kappa shape index (κ3) is 3.04. The zero-order chi connectivity index (χ0) is 14.7. The number of rotatable bonds is 4. The van der Waals surface area contributed by atoms with Gasteiger partial charge in [-0.2, -0.15) is 0 Å². The van der Waals surface area contributed by atoms with Crippen LogP contribution in [-0.2, 0) is 6.42 Å². The van der Waals surface area contributed by atoms with Crippen LogP contribution in [0, 0.1) is 6.92 Å². The highest BCUT2D eigenvalue weighted by atomic mass is 15.2. The van der Waals surface area contributed by atoms with Crippen molar-refractivity contribution in [2.24, 2.45) is 5.84 Å². The molecule has 1 atom stereocenters. The van der Waals surface area contributed by atoms with Crippen LogP contribution in [0.4, 0.5) is 0 Å². The van der Waals surface area contributed by atoms with E-state index in [-0.39, 0.29) is 6.04 Å². The minimum Gasteiger partial charge on any atom is -0.271 e. The fourth-order valence-electron chi connectivity index (χ4n) is 2.26. The lowest BCUT2D eigenvalue weighted by molar-refractivity contribution is 0.531. The van der Waals surface area contributed by atoms with Gasteiger partial charge in [0.15, 0.2) is 0 Å². The minimum atomic E-state index is -0.105. The molecule has 0 fully saturated rings. The average molecular weight is 279 g/mol. The van der Waals surface area contributed by atoms with E-state index in [1.165, 1.54) is 0 Å². The molecule has 21 heavy (non-hydrogen) atoms. The summed E-state index contributed by atoms with van der Waals surface area (Å²) in [5.74, 6) is 5.66. The molecule has 0 bridgehead atoms. The number of hydrazine groups is 1. The second kappa shape index (κ2) is 5.95. The van der Waals surface area contributed by atoms with Gasteiger partial charge >= 0.3 is 0 Å². The molecule has 5 nitrogen and oxygen atoms in total. The van der Waals surface area contributed by atoms with Gasteiger partial charge in [0.1, 0.15) is 0 Å². The van der Waals surface area contributed by atoms with Crippen molar-refractivity contribution in [3.63, 3.8) is 0 Å². The number of fused-ring (bicyclic) bond motifs is 1. The largest absolute Gasteiger partial charge is 0.271 e.